The molecule has 2 heterocycles. The molecule has 0 atom stereocenters. The molecule has 1 N–H and O–H groups in total. The molecule has 0 aliphatic rings. The third-order valence-electron chi connectivity index (χ3n) is 11.4. The van der Waals surface area contributed by atoms with Gasteiger partial charge in [0.1, 0.15) is 11.6 Å². The van der Waals surface area contributed by atoms with E-state index in [4.69, 9.17) is 44.7 Å². The molecule has 67 heavy (non-hydrogen) atoms. The second-order valence-electron chi connectivity index (χ2n) is 18.6. The van der Waals surface area contributed by atoms with Crippen LogP contribution in [0.2, 0.25) is 0 Å². The number of rotatable bonds is 6. The summed E-state index contributed by atoms with van der Waals surface area (Å²) in [5, 5.41) is 13.1. The van der Waals surface area contributed by atoms with Gasteiger partial charge in [0.25, 0.3) is 0 Å². The van der Waals surface area contributed by atoms with Gasteiger partial charge in [0.05, 0.1) is 27.8 Å². The molecule has 0 spiro atoms. The summed E-state index contributed by atoms with van der Waals surface area (Å²) < 4.78 is 271. The number of pyridine rings is 1. The molecule has 0 saturated carbocycles. The predicted octanol–water partition coefficient (Wildman–Crippen LogP) is 16.7. The van der Waals surface area contributed by atoms with Crippen LogP contribution in [0.25, 0.3) is 72.7 Å². The number of nitrogens with zero attached hydrogens (tertiary/aromatic N) is 3. The molecule has 8 aromatic rings. The number of fused-ring (bicyclic) bond motifs is 1. The van der Waals surface area contributed by atoms with Gasteiger partial charge < -0.3 is 5.11 Å². The van der Waals surface area contributed by atoms with Crippen molar-refractivity contribution in [2.45, 2.75) is 130 Å². The Morgan fingerprint density at radius 3 is 1.84 bits per heavy atom. The van der Waals surface area contributed by atoms with E-state index in [1.807, 2.05) is 77.9 Å². The topological polar surface area (TPSA) is 50.9 Å². The van der Waals surface area contributed by atoms with Crippen LogP contribution < -0.4 is 0 Å². The number of imidazole rings is 1. The molecular formula is C62H68N3OPt-. The minimum atomic E-state index is -4.25. The van der Waals surface area contributed by atoms with Crippen LogP contribution in [0.5, 0.6) is 5.75 Å². The van der Waals surface area contributed by atoms with Gasteiger partial charge in [0, 0.05) is 75.5 Å². The van der Waals surface area contributed by atoms with E-state index in [1.165, 1.54) is 22.9 Å². The first-order valence-electron chi connectivity index (χ1n) is 36.5. The fourth-order valence-corrected chi connectivity index (χ4v) is 7.85. The summed E-state index contributed by atoms with van der Waals surface area (Å²) in [5.74, 6) is -2.04. The molecule has 0 amide bonds. The molecule has 6 aromatic carbocycles. The zero-order valence-electron chi connectivity index (χ0n) is 68.5. The van der Waals surface area contributed by atoms with Crippen molar-refractivity contribution in [1.29, 1.82) is 0 Å². The maximum absolute atomic E-state index is 13.1. The number of hydrogen-bond acceptors (Lipinski definition) is 3. The Morgan fingerprint density at radius 2 is 1.18 bits per heavy atom. The van der Waals surface area contributed by atoms with E-state index in [-0.39, 0.29) is 71.8 Å². The second-order valence-corrected chi connectivity index (χ2v) is 18.6. The van der Waals surface area contributed by atoms with Gasteiger partial charge in [0.15, 0.2) is 0 Å². The fraction of sp³-hybridized carbons (Fsp3) is 0.323. The number of aromatic nitrogens is 3. The Kier molecular flexibility index (Phi) is 6.16. The number of hydrogen-bond donors (Lipinski definition) is 1. The first-order valence-corrected chi connectivity index (χ1v) is 21.0. The van der Waals surface area contributed by atoms with E-state index in [2.05, 4.69) is 11.1 Å². The van der Waals surface area contributed by atoms with Crippen molar-refractivity contribution >= 4 is 11.0 Å². The van der Waals surface area contributed by atoms with Gasteiger partial charge >= 0.3 is 0 Å². The first-order chi connectivity index (χ1) is 43.7. The van der Waals surface area contributed by atoms with Crippen molar-refractivity contribution in [1.82, 2.24) is 14.5 Å². The van der Waals surface area contributed by atoms with Gasteiger partial charge in [-0.25, -0.2) is 4.98 Å². The molecule has 0 fully saturated rings. The van der Waals surface area contributed by atoms with Gasteiger partial charge in [-0.3, -0.25) is 9.55 Å². The summed E-state index contributed by atoms with van der Waals surface area (Å²) >= 11 is 0. The fourth-order valence-electron chi connectivity index (χ4n) is 7.85. The Balaban J connectivity index is 0.0000135. The Bertz CT molecular complexity index is 4220. The first kappa shape index (κ1) is 23.2. The normalized spacial score (nSPS) is 21.1. The van der Waals surface area contributed by atoms with Crippen LogP contribution in [0.15, 0.2) is 133 Å². The van der Waals surface area contributed by atoms with E-state index in [0.717, 1.165) is 5.56 Å². The minimum absolute atomic E-state index is 0. The summed E-state index contributed by atoms with van der Waals surface area (Å²) in [6.07, 6.45) is 1.23. The molecule has 0 unspecified atom stereocenters. The molecule has 0 aliphatic heterocycles. The number of phenolic OH excluding ortho intramolecular Hbond substituents is 1. The van der Waals surface area contributed by atoms with E-state index in [9.17, 15) is 7.85 Å². The largest absolute Gasteiger partial charge is 0.507 e. The van der Waals surface area contributed by atoms with E-state index < -0.39 is 152 Å². The molecule has 0 saturated heterocycles. The molecular weight excluding hydrogens is 998 g/mol. The quantitative estimate of drug-likeness (QED) is 0.169. The average molecular weight is 1100 g/mol. The second kappa shape index (κ2) is 17.8. The monoisotopic (exact) mass is 1100 g/mol. The minimum Gasteiger partial charge on any atom is -0.507 e. The van der Waals surface area contributed by atoms with E-state index >= 15 is 0 Å². The molecule has 8 rings (SSSR count). The number of aromatic hydroxyl groups is 1. The van der Waals surface area contributed by atoms with Crippen molar-refractivity contribution in [3.05, 3.63) is 167 Å². The number of para-hydroxylation sites is 1. The Labute approximate surface area is 458 Å². The molecule has 5 heteroatoms. The van der Waals surface area contributed by atoms with Crippen LogP contribution in [0.3, 0.4) is 0 Å². The smallest absolute Gasteiger partial charge is 0.148 e. The third kappa shape index (κ3) is 10.0. The predicted molar refractivity (Wildman–Crippen MR) is 280 cm³/mol. The van der Waals surface area contributed by atoms with Gasteiger partial charge in [0.2, 0.25) is 0 Å². The standard InChI is InChI=1S/C62H68N3O.Pt/c1-58(2,3)45-27-24-40(25-28-45)42-30-31-63-52(36-42)44-32-43(33-46(34-44)59(4,5)6)48-22-19-23-54-55(48)64-57(49-37-47(60(7,8)9)38-51(56(49)66)62(13,14)15)65(54)53-29-26-41(35-50(53)61(10,11)12)39-20-17-16-18-21-39;/h16-31,33-38,66H,1-15H3;/q-1;/i1D3,2D3,3D3,7D3,8D3,9D3,13D3,14D3,15D3,24D,25D,27D,28D;. The van der Waals surface area contributed by atoms with Crippen LogP contribution in [-0.2, 0) is 48.1 Å². The molecule has 0 aliphatic carbocycles. The zero-order valence-corrected chi connectivity index (χ0v) is 39.8. The van der Waals surface area contributed by atoms with Crippen LogP contribution in [0.4, 0.5) is 0 Å². The van der Waals surface area contributed by atoms with Gasteiger partial charge in [-0.2, -0.15) is 0 Å². The van der Waals surface area contributed by atoms with E-state index in [1.54, 1.807) is 42.5 Å². The summed E-state index contributed by atoms with van der Waals surface area (Å²) in [4.78, 5) is 9.70. The summed E-state index contributed by atoms with van der Waals surface area (Å²) in [6, 6.07) is 24.7. The third-order valence-corrected chi connectivity index (χ3v) is 11.4. The molecule has 2 aromatic heterocycles. The van der Waals surface area contributed by atoms with Crippen LogP contribution >= 0.6 is 0 Å². The molecule has 0 radical (unpaired) electrons. The maximum Gasteiger partial charge on any atom is 0.148 e. The van der Waals surface area contributed by atoms with Crippen molar-refractivity contribution in [3.8, 4) is 67.5 Å². The van der Waals surface area contributed by atoms with Gasteiger partial charge in [-0.1, -0.05) is 199 Å². The van der Waals surface area contributed by atoms with Crippen LogP contribution in [0.1, 0.15) is 174 Å². The maximum atomic E-state index is 13.1. The number of benzene rings is 6. The van der Waals surface area contributed by atoms with E-state index in [0.29, 0.717) is 22.8 Å². The van der Waals surface area contributed by atoms with Crippen LogP contribution in [0, 0.1) is 6.07 Å². The summed E-state index contributed by atoms with van der Waals surface area (Å²) in [5.41, 5.74) is -16.3. The average Bonchev–Trinajstić information content (AvgIpc) is 1.01. The summed E-state index contributed by atoms with van der Waals surface area (Å²) in [7, 11) is 0. The van der Waals surface area contributed by atoms with Crippen LogP contribution in [-0.4, -0.2) is 19.6 Å². The number of phenols is 1. The zero-order chi connectivity index (χ0) is 73.7. The van der Waals surface area contributed by atoms with Gasteiger partial charge in [-0.15, -0.1) is 29.3 Å². The van der Waals surface area contributed by atoms with Gasteiger partial charge in [-0.05, 0) is 96.4 Å². The molecule has 348 valence electrons. The van der Waals surface area contributed by atoms with Crippen molar-refractivity contribution in [2.75, 3.05) is 0 Å². The molecule has 4 nitrogen and oxygen atoms in total. The summed E-state index contributed by atoms with van der Waals surface area (Å²) in [6.45, 7) is -25.9. The van der Waals surface area contributed by atoms with Crippen molar-refractivity contribution < 1.29 is 68.7 Å². The Hall–Kier alpha value is -5.57. The van der Waals surface area contributed by atoms with Crippen molar-refractivity contribution in [2.24, 2.45) is 0 Å². The molecule has 0 bridgehead atoms. The SMILES string of the molecule is [2H]c1c([2H])c(C(C([2H])([2H])[2H])(C([2H])([2H])[2H])C([2H])([2H])[2H])c([2H])c([2H])c1-c1ccnc(-c2[c-]c(-c3cccc4c3nc(-c3cc(C(C([2H])([2H])[2H])(C([2H])([2H])[2H])C([2H])([2H])[2H])cc(C(C([2H])([2H])[2H])(C([2H])([2H])[2H])C([2H])([2H])[2H])c3O)n4-c3ccc(-c4ccccc4)cc3C(C)(C)C)cc(C(C)(C)C)c2)c1.[Pt]. The Morgan fingerprint density at radius 1 is 0.537 bits per heavy atom. The van der Waals surface area contributed by atoms with Crippen molar-refractivity contribution in [3.63, 3.8) is 0 Å².